The molecule has 41 heavy (non-hydrogen) atoms. The highest BCUT2D eigenvalue weighted by molar-refractivity contribution is 7.89. The summed E-state index contributed by atoms with van der Waals surface area (Å²) in [5.41, 5.74) is -1.09. The lowest BCUT2D eigenvalue weighted by Crippen LogP contribution is -2.52. The molecule has 0 aliphatic carbocycles. The molecule has 0 bridgehead atoms. The topological polar surface area (TPSA) is 125 Å². The molecule has 10 nitrogen and oxygen atoms in total. The van der Waals surface area contributed by atoms with Gasteiger partial charge in [0.2, 0.25) is 10.0 Å². The lowest BCUT2D eigenvalue weighted by atomic mass is 9.82. The van der Waals surface area contributed by atoms with Gasteiger partial charge in [-0.05, 0) is 49.6 Å². The molecule has 0 aromatic heterocycles. The van der Waals surface area contributed by atoms with Crippen LogP contribution in [0.2, 0.25) is 0 Å². The Morgan fingerprint density at radius 2 is 1.61 bits per heavy atom. The number of hydrogen-bond donors (Lipinski definition) is 1. The van der Waals surface area contributed by atoms with Crippen molar-refractivity contribution >= 4 is 39.1 Å². The number of nitrogens with zero attached hydrogens (tertiary/aromatic N) is 3. The smallest absolute Gasteiger partial charge is 0.296 e. The van der Waals surface area contributed by atoms with Crippen LogP contribution in [0.25, 0.3) is 5.76 Å². The Morgan fingerprint density at radius 3 is 2.24 bits per heavy atom. The number of sulfonamides is 1. The van der Waals surface area contributed by atoms with Gasteiger partial charge >= 0.3 is 0 Å². The zero-order chi connectivity index (χ0) is 29.4. The van der Waals surface area contributed by atoms with Gasteiger partial charge in [-0.1, -0.05) is 38.0 Å². The fourth-order valence-electron chi connectivity index (χ4n) is 6.15. The molecule has 0 saturated carbocycles. The fraction of sp³-hybridized carbons (Fsp3) is 0.433. The van der Waals surface area contributed by atoms with Crippen LogP contribution >= 0.6 is 0 Å². The normalized spacial score (nSPS) is 22.9. The number of carbonyl (C=O) groups excluding carboxylic acids is 3. The van der Waals surface area contributed by atoms with E-state index >= 15 is 0 Å². The minimum atomic E-state index is -3.74. The van der Waals surface area contributed by atoms with E-state index in [-0.39, 0.29) is 29.2 Å². The number of fused-ring (bicyclic) bond motifs is 2. The second kappa shape index (κ2) is 11.4. The summed E-state index contributed by atoms with van der Waals surface area (Å²) < 4.78 is 33.2. The Bertz CT molecular complexity index is 1490. The van der Waals surface area contributed by atoms with Gasteiger partial charge in [0, 0.05) is 44.4 Å². The molecule has 1 unspecified atom stereocenters. The zero-order valence-electron chi connectivity index (χ0n) is 23.3. The summed E-state index contributed by atoms with van der Waals surface area (Å²) in [6.45, 7) is 3.20. The van der Waals surface area contributed by atoms with Gasteiger partial charge in [-0.25, -0.2) is 8.42 Å². The second-order valence-corrected chi connectivity index (χ2v) is 12.5. The third-order valence-electron chi connectivity index (χ3n) is 8.11. The largest absolute Gasteiger partial charge is 0.507 e. The number of ether oxygens (including phenoxy) is 1. The average Bonchev–Trinajstić information content (AvgIpc) is 3.19. The summed E-state index contributed by atoms with van der Waals surface area (Å²) in [5.74, 6) is -2.94. The summed E-state index contributed by atoms with van der Waals surface area (Å²) in [5, 5.41) is 11.6. The van der Waals surface area contributed by atoms with Crippen molar-refractivity contribution in [3.63, 3.8) is 0 Å². The van der Waals surface area contributed by atoms with Gasteiger partial charge in [0.1, 0.15) is 5.76 Å². The van der Waals surface area contributed by atoms with Gasteiger partial charge in [0.05, 0.1) is 22.8 Å². The fourth-order valence-corrected chi connectivity index (χ4v) is 7.67. The van der Waals surface area contributed by atoms with Crippen molar-refractivity contribution in [3.05, 3.63) is 65.2 Å². The Balaban J connectivity index is 1.65. The third kappa shape index (κ3) is 4.56. The monoisotopic (exact) mass is 581 g/mol. The number of rotatable bonds is 8. The number of ketones is 1. The number of benzene rings is 2. The second-order valence-electron chi connectivity index (χ2n) is 10.5. The first-order chi connectivity index (χ1) is 19.7. The number of para-hydroxylation sites is 1. The number of anilines is 1. The van der Waals surface area contributed by atoms with Crippen LogP contribution in [-0.4, -0.2) is 80.2 Å². The number of aliphatic hydroxyl groups is 1. The Kier molecular flexibility index (Phi) is 8.04. The standard InChI is InChI=1S/C30H35N3O7S/c1-3-16-32-24-11-7-6-10-23(24)30(29(32)37)25(27(35)28(36)33(30)19-20-40-2)26(34)21-12-14-22(15-13-21)41(38,39)31-17-8-4-5-9-18-31/h6-7,10-15,34H,3-5,8-9,16-20H2,1-2H3/b26-25+. The molecule has 11 heteroatoms. The molecular formula is C30H35N3O7S. The van der Waals surface area contributed by atoms with Gasteiger partial charge in [-0.2, -0.15) is 4.31 Å². The summed E-state index contributed by atoms with van der Waals surface area (Å²) in [4.78, 5) is 44.2. The van der Waals surface area contributed by atoms with Gasteiger partial charge in [0.15, 0.2) is 5.54 Å². The van der Waals surface area contributed by atoms with Crippen LogP contribution in [0.1, 0.15) is 50.2 Å². The van der Waals surface area contributed by atoms with E-state index < -0.39 is 38.9 Å². The first-order valence-corrected chi connectivity index (χ1v) is 15.5. The van der Waals surface area contributed by atoms with Gasteiger partial charge < -0.3 is 19.6 Å². The average molecular weight is 582 g/mol. The SMILES string of the molecule is CCCN1C(=O)C2(/C(=C(/O)c3ccc(S(=O)(=O)N4CCCCCC4)cc3)C(=O)C(=O)N2CCOC)c2ccccc21. The quantitative estimate of drug-likeness (QED) is 0.288. The van der Waals surface area contributed by atoms with Crippen LogP contribution in [0, 0.1) is 0 Å². The van der Waals surface area contributed by atoms with Gasteiger partial charge in [0.25, 0.3) is 17.6 Å². The molecule has 0 radical (unpaired) electrons. The predicted molar refractivity (Wildman–Crippen MR) is 153 cm³/mol. The number of Topliss-reactive ketones (excluding diaryl/α,β-unsaturated/α-hetero) is 1. The van der Waals surface area contributed by atoms with E-state index in [1.807, 2.05) is 6.92 Å². The van der Waals surface area contributed by atoms with Crippen LogP contribution in [-0.2, 0) is 34.7 Å². The van der Waals surface area contributed by atoms with Crippen molar-refractivity contribution in [2.45, 2.75) is 49.5 Å². The molecule has 2 aromatic carbocycles. The molecule has 1 N–H and O–H groups in total. The highest BCUT2D eigenvalue weighted by Crippen LogP contribution is 2.53. The van der Waals surface area contributed by atoms with Crippen LogP contribution in [0.5, 0.6) is 0 Å². The van der Waals surface area contributed by atoms with E-state index in [0.717, 1.165) is 25.7 Å². The molecule has 3 heterocycles. The lowest BCUT2D eigenvalue weighted by Gasteiger charge is -2.34. The van der Waals surface area contributed by atoms with Crippen molar-refractivity contribution < 1.29 is 32.6 Å². The van der Waals surface area contributed by atoms with Gasteiger partial charge in [-0.15, -0.1) is 0 Å². The minimum absolute atomic E-state index is 0.0507. The Morgan fingerprint density at radius 1 is 0.951 bits per heavy atom. The van der Waals surface area contributed by atoms with E-state index in [0.29, 0.717) is 37.3 Å². The molecule has 218 valence electrons. The van der Waals surface area contributed by atoms with Crippen molar-refractivity contribution in [2.75, 3.05) is 44.8 Å². The molecule has 2 amide bonds. The van der Waals surface area contributed by atoms with Crippen molar-refractivity contribution in [1.82, 2.24) is 9.21 Å². The number of amides is 2. The maximum atomic E-state index is 14.3. The van der Waals surface area contributed by atoms with Crippen LogP contribution in [0.4, 0.5) is 5.69 Å². The predicted octanol–water partition coefficient (Wildman–Crippen LogP) is 3.23. The van der Waals surface area contributed by atoms with E-state index in [1.54, 1.807) is 29.2 Å². The first-order valence-electron chi connectivity index (χ1n) is 14.0. The summed E-state index contributed by atoms with van der Waals surface area (Å²) in [6, 6.07) is 12.5. The number of likely N-dealkylation sites (tertiary alicyclic amines) is 1. The highest BCUT2D eigenvalue weighted by Gasteiger charge is 2.66. The van der Waals surface area contributed by atoms with E-state index in [9.17, 15) is 27.9 Å². The molecule has 5 rings (SSSR count). The lowest BCUT2D eigenvalue weighted by molar-refractivity contribution is -0.144. The van der Waals surface area contributed by atoms with E-state index in [2.05, 4.69) is 0 Å². The summed E-state index contributed by atoms with van der Waals surface area (Å²) in [7, 11) is -2.28. The number of carbonyl (C=O) groups is 3. The Hall–Kier alpha value is -3.54. The van der Waals surface area contributed by atoms with Crippen molar-refractivity contribution in [1.29, 1.82) is 0 Å². The van der Waals surface area contributed by atoms with Crippen LogP contribution < -0.4 is 4.90 Å². The van der Waals surface area contributed by atoms with E-state index in [1.165, 1.54) is 40.6 Å². The van der Waals surface area contributed by atoms with Gasteiger partial charge in [-0.3, -0.25) is 14.4 Å². The van der Waals surface area contributed by atoms with Crippen LogP contribution in [0.3, 0.4) is 0 Å². The zero-order valence-corrected chi connectivity index (χ0v) is 24.2. The molecule has 1 atom stereocenters. The van der Waals surface area contributed by atoms with E-state index in [4.69, 9.17) is 4.74 Å². The molecule has 3 aliphatic heterocycles. The van der Waals surface area contributed by atoms with Crippen LogP contribution in [0.15, 0.2) is 59.0 Å². The maximum Gasteiger partial charge on any atom is 0.296 e. The molecule has 2 aromatic rings. The molecular weight excluding hydrogens is 546 g/mol. The molecule has 1 spiro atoms. The number of aliphatic hydroxyl groups excluding tert-OH is 1. The number of methoxy groups -OCH3 is 1. The Labute approximate surface area is 240 Å². The molecule has 2 fully saturated rings. The third-order valence-corrected chi connectivity index (χ3v) is 10.0. The van der Waals surface area contributed by atoms with Crippen molar-refractivity contribution in [3.8, 4) is 0 Å². The maximum absolute atomic E-state index is 14.3. The first kappa shape index (κ1) is 29.0. The minimum Gasteiger partial charge on any atom is -0.507 e. The van der Waals surface area contributed by atoms with Crippen molar-refractivity contribution in [2.24, 2.45) is 0 Å². The molecule has 3 aliphatic rings. The number of hydrogen-bond acceptors (Lipinski definition) is 7. The summed E-state index contributed by atoms with van der Waals surface area (Å²) in [6.07, 6.45) is 4.20. The summed E-state index contributed by atoms with van der Waals surface area (Å²) >= 11 is 0. The highest BCUT2D eigenvalue weighted by atomic mass is 32.2. The molecule has 2 saturated heterocycles.